The molecule has 1 saturated carbocycles. The van der Waals surface area contributed by atoms with E-state index >= 15 is 0 Å². The highest BCUT2D eigenvalue weighted by molar-refractivity contribution is 6.32. The summed E-state index contributed by atoms with van der Waals surface area (Å²) in [4.78, 5) is 24.0. The van der Waals surface area contributed by atoms with Crippen LogP contribution < -0.4 is 19.5 Å². The molecule has 2 aliphatic rings. The molecule has 39 heavy (non-hydrogen) atoms. The van der Waals surface area contributed by atoms with Crippen molar-refractivity contribution in [3.05, 3.63) is 82.4 Å². The maximum absolute atomic E-state index is 13.0. The normalized spacial score (nSPS) is 20.2. The Morgan fingerprint density at radius 3 is 2.62 bits per heavy atom. The Morgan fingerprint density at radius 1 is 1.03 bits per heavy atom. The van der Waals surface area contributed by atoms with Crippen molar-refractivity contribution in [3.8, 4) is 23.0 Å². The van der Waals surface area contributed by atoms with Crippen LogP contribution in [0.3, 0.4) is 0 Å². The molecule has 1 amide bonds. The molecule has 5 rings (SSSR count). The van der Waals surface area contributed by atoms with E-state index in [1.165, 1.54) is 5.56 Å². The number of benzene rings is 3. The van der Waals surface area contributed by atoms with Crippen molar-refractivity contribution in [1.29, 1.82) is 0 Å². The predicted octanol–water partition coefficient (Wildman–Crippen LogP) is 7.12. The zero-order chi connectivity index (χ0) is 27.4. The second kappa shape index (κ2) is 11.9. The standard InChI is InChI=1S/C30H30ClNO7/c1-36-23-7-3-5-20(15-23)19-4-2-6-21(14-19)32-29(33)18-8-10-22(11-9-18)38-28-17-27-24(16-25(28)31)26(12-13-37-27)39-30(34)35/h3,5,7-11,15-17,19,21,26H,2,4,6,12-14H2,1H3,(H,32,33)(H,34,35). The number of hydrogen-bond acceptors (Lipinski definition) is 6. The van der Waals surface area contributed by atoms with Crippen LogP contribution in [0.4, 0.5) is 4.79 Å². The van der Waals surface area contributed by atoms with Crippen LogP contribution in [0.15, 0.2) is 60.7 Å². The second-order valence-corrected chi connectivity index (χ2v) is 10.2. The summed E-state index contributed by atoms with van der Waals surface area (Å²) in [6, 6.07) is 18.3. The molecule has 0 aromatic heterocycles. The van der Waals surface area contributed by atoms with Crippen molar-refractivity contribution in [1.82, 2.24) is 5.32 Å². The van der Waals surface area contributed by atoms with Gasteiger partial charge in [0.15, 0.2) is 0 Å². The highest BCUT2D eigenvalue weighted by Crippen LogP contribution is 2.42. The Bertz CT molecular complexity index is 1340. The Kier molecular flexibility index (Phi) is 8.12. The zero-order valence-corrected chi connectivity index (χ0v) is 22.3. The summed E-state index contributed by atoms with van der Waals surface area (Å²) >= 11 is 6.42. The van der Waals surface area contributed by atoms with Crippen molar-refractivity contribution in [2.75, 3.05) is 13.7 Å². The van der Waals surface area contributed by atoms with Gasteiger partial charge in [0.05, 0.1) is 18.7 Å². The van der Waals surface area contributed by atoms with Gasteiger partial charge >= 0.3 is 6.16 Å². The quantitative estimate of drug-likeness (QED) is 0.301. The van der Waals surface area contributed by atoms with Gasteiger partial charge in [-0.25, -0.2) is 4.79 Å². The highest BCUT2D eigenvalue weighted by Gasteiger charge is 2.27. The van der Waals surface area contributed by atoms with Crippen molar-refractivity contribution < 1.29 is 33.6 Å². The van der Waals surface area contributed by atoms with E-state index in [0.717, 1.165) is 31.4 Å². The number of carboxylic acid groups (broad SMARTS) is 1. The first kappa shape index (κ1) is 26.7. The third-order valence-electron chi connectivity index (χ3n) is 7.21. The van der Waals surface area contributed by atoms with Gasteiger partial charge < -0.3 is 29.4 Å². The maximum atomic E-state index is 13.0. The smallest absolute Gasteiger partial charge is 0.497 e. The first-order valence-electron chi connectivity index (χ1n) is 13.0. The minimum atomic E-state index is -1.35. The number of carbonyl (C=O) groups is 2. The van der Waals surface area contributed by atoms with E-state index in [1.54, 1.807) is 43.5 Å². The summed E-state index contributed by atoms with van der Waals surface area (Å²) in [5.74, 6) is 2.42. The minimum Gasteiger partial charge on any atom is -0.497 e. The van der Waals surface area contributed by atoms with E-state index in [2.05, 4.69) is 17.4 Å². The lowest BCUT2D eigenvalue weighted by Crippen LogP contribution is -2.37. The molecular formula is C30H30ClNO7. The fraction of sp³-hybridized carbons (Fsp3) is 0.333. The molecule has 0 spiro atoms. The third-order valence-corrected chi connectivity index (χ3v) is 7.51. The number of halogens is 1. The molecule has 1 aliphatic heterocycles. The van der Waals surface area contributed by atoms with Crippen LogP contribution >= 0.6 is 11.6 Å². The fourth-order valence-electron chi connectivity index (χ4n) is 5.27. The average molecular weight is 552 g/mol. The number of nitrogens with one attached hydrogen (secondary N) is 1. The van der Waals surface area contributed by atoms with Crippen LogP contribution in [0.5, 0.6) is 23.0 Å². The van der Waals surface area contributed by atoms with Gasteiger partial charge in [-0.15, -0.1) is 0 Å². The molecule has 3 unspecified atom stereocenters. The van der Waals surface area contributed by atoms with Crippen LogP contribution in [-0.2, 0) is 4.74 Å². The molecule has 0 saturated heterocycles. The van der Waals surface area contributed by atoms with Gasteiger partial charge in [0, 0.05) is 29.7 Å². The predicted molar refractivity (Wildman–Crippen MR) is 145 cm³/mol. The number of hydrogen-bond donors (Lipinski definition) is 2. The molecule has 1 fully saturated rings. The number of fused-ring (bicyclic) bond motifs is 1. The average Bonchev–Trinajstić information content (AvgIpc) is 2.94. The first-order chi connectivity index (χ1) is 18.9. The lowest BCUT2D eigenvalue weighted by molar-refractivity contribution is 0.0326. The summed E-state index contributed by atoms with van der Waals surface area (Å²) < 4.78 is 21.9. The Balaban J connectivity index is 1.21. The van der Waals surface area contributed by atoms with Crippen LogP contribution in [0.1, 0.15) is 65.6 Å². The van der Waals surface area contributed by atoms with E-state index in [0.29, 0.717) is 52.3 Å². The Morgan fingerprint density at radius 2 is 1.85 bits per heavy atom. The molecule has 0 bridgehead atoms. The van der Waals surface area contributed by atoms with Gasteiger partial charge in [0.25, 0.3) is 5.91 Å². The third kappa shape index (κ3) is 6.40. The molecule has 204 valence electrons. The summed E-state index contributed by atoms with van der Waals surface area (Å²) in [5, 5.41) is 12.5. The molecule has 9 heteroatoms. The van der Waals surface area contributed by atoms with Crippen molar-refractivity contribution in [3.63, 3.8) is 0 Å². The number of ether oxygens (including phenoxy) is 4. The topological polar surface area (TPSA) is 103 Å². The summed E-state index contributed by atoms with van der Waals surface area (Å²) in [7, 11) is 1.67. The molecule has 2 N–H and O–H groups in total. The second-order valence-electron chi connectivity index (χ2n) is 9.77. The van der Waals surface area contributed by atoms with Crippen LogP contribution in [-0.4, -0.2) is 36.9 Å². The lowest BCUT2D eigenvalue weighted by atomic mass is 9.81. The van der Waals surface area contributed by atoms with Crippen molar-refractivity contribution in [2.45, 2.75) is 50.2 Å². The van der Waals surface area contributed by atoms with Gasteiger partial charge in [-0.05, 0) is 73.2 Å². The highest BCUT2D eigenvalue weighted by atomic mass is 35.5. The summed E-state index contributed by atoms with van der Waals surface area (Å²) in [6.45, 7) is 0.317. The van der Waals surface area contributed by atoms with E-state index in [4.69, 9.17) is 35.7 Å². The maximum Gasteiger partial charge on any atom is 0.506 e. The lowest BCUT2D eigenvalue weighted by Gasteiger charge is -2.30. The molecule has 8 nitrogen and oxygen atoms in total. The summed E-state index contributed by atoms with van der Waals surface area (Å²) in [5.41, 5.74) is 2.34. The van der Waals surface area contributed by atoms with Crippen molar-refractivity contribution in [2.24, 2.45) is 0 Å². The van der Waals surface area contributed by atoms with Crippen LogP contribution in [0.2, 0.25) is 5.02 Å². The number of methoxy groups -OCH3 is 1. The van der Waals surface area contributed by atoms with Gasteiger partial charge in [-0.2, -0.15) is 0 Å². The number of amides is 1. The van der Waals surface area contributed by atoms with E-state index in [-0.39, 0.29) is 11.9 Å². The molecule has 0 radical (unpaired) electrons. The Hall–Kier alpha value is -3.91. The molecule has 3 atom stereocenters. The SMILES string of the molecule is COc1cccc(C2CCCC(NC(=O)c3ccc(Oc4cc5c(cc4Cl)C(OC(=O)O)CCO5)cc3)C2)c1. The van der Waals surface area contributed by atoms with Crippen molar-refractivity contribution >= 4 is 23.7 Å². The minimum absolute atomic E-state index is 0.0987. The Labute approximate surface area is 231 Å². The van der Waals surface area contributed by atoms with Gasteiger partial charge in [-0.1, -0.05) is 30.2 Å². The van der Waals surface area contributed by atoms with Crippen LogP contribution in [0, 0.1) is 0 Å². The van der Waals surface area contributed by atoms with E-state index in [9.17, 15) is 9.59 Å². The van der Waals surface area contributed by atoms with Gasteiger partial charge in [0.2, 0.25) is 0 Å². The number of carbonyl (C=O) groups excluding carboxylic acids is 1. The van der Waals surface area contributed by atoms with E-state index in [1.807, 2.05) is 12.1 Å². The van der Waals surface area contributed by atoms with Crippen LogP contribution in [0.25, 0.3) is 0 Å². The van der Waals surface area contributed by atoms with Gasteiger partial charge in [0.1, 0.15) is 29.1 Å². The van der Waals surface area contributed by atoms with Gasteiger partial charge in [-0.3, -0.25) is 4.79 Å². The number of rotatable bonds is 7. The first-order valence-corrected chi connectivity index (χ1v) is 13.4. The fourth-order valence-corrected chi connectivity index (χ4v) is 5.48. The molecule has 3 aromatic rings. The van der Waals surface area contributed by atoms with E-state index < -0.39 is 12.3 Å². The molecule has 1 aliphatic carbocycles. The molecular weight excluding hydrogens is 522 g/mol. The molecule has 3 aromatic carbocycles. The largest absolute Gasteiger partial charge is 0.506 e. The zero-order valence-electron chi connectivity index (χ0n) is 21.5. The monoisotopic (exact) mass is 551 g/mol. The summed E-state index contributed by atoms with van der Waals surface area (Å²) in [6.07, 6.45) is 2.38. The molecule has 1 heterocycles.